The normalized spacial score (nSPS) is 20.3. The molecule has 0 unspecified atom stereocenters. The molecule has 2 aromatic heterocycles. The maximum Gasteiger partial charge on any atom is 0.271 e. The van der Waals surface area contributed by atoms with Crippen LogP contribution >= 0.6 is 23.4 Å². The number of nitrogens with zero attached hydrogens (tertiary/aromatic N) is 4. The van der Waals surface area contributed by atoms with Gasteiger partial charge in [-0.25, -0.2) is 9.37 Å². The number of aryl methyl sites for hydroxylation is 1. The van der Waals surface area contributed by atoms with E-state index in [0.29, 0.717) is 38.9 Å². The van der Waals surface area contributed by atoms with Crippen LogP contribution in [0.1, 0.15) is 76.8 Å². The topological polar surface area (TPSA) is 63.1 Å². The predicted molar refractivity (Wildman–Crippen MR) is 158 cm³/mol. The fourth-order valence-corrected chi connectivity index (χ4v) is 8.60. The van der Waals surface area contributed by atoms with Gasteiger partial charge in [-0.15, -0.1) is 11.8 Å². The highest BCUT2D eigenvalue weighted by atomic mass is 35.5. The van der Waals surface area contributed by atoms with Crippen LogP contribution in [0, 0.1) is 18.2 Å². The molecular weight excluding hydrogens is 533 g/mol. The van der Waals surface area contributed by atoms with Crippen molar-refractivity contribution < 1.29 is 4.39 Å². The van der Waals surface area contributed by atoms with Crippen molar-refractivity contribution in [3.8, 4) is 0 Å². The van der Waals surface area contributed by atoms with Gasteiger partial charge in [0.15, 0.2) is 0 Å². The summed E-state index contributed by atoms with van der Waals surface area (Å²) < 4.78 is 17.0. The molecule has 1 N–H and O–H groups in total. The number of halogens is 2. The zero-order chi connectivity index (χ0) is 27.3. The number of nitrogens with one attached hydrogen (secondary N) is 1. The van der Waals surface area contributed by atoms with Crippen LogP contribution in [0.2, 0.25) is 5.02 Å². The molecule has 3 aliphatic rings. The van der Waals surface area contributed by atoms with Crippen LogP contribution in [-0.2, 0) is 0 Å². The molecule has 2 saturated carbocycles. The number of fused-ring (bicyclic) bond motifs is 1. The lowest BCUT2D eigenvalue weighted by Crippen LogP contribution is -2.49. The molecule has 0 amide bonds. The van der Waals surface area contributed by atoms with Crippen molar-refractivity contribution in [3.05, 3.63) is 51.2 Å². The van der Waals surface area contributed by atoms with Crippen LogP contribution in [0.15, 0.2) is 34.1 Å². The van der Waals surface area contributed by atoms with Crippen molar-refractivity contribution in [1.82, 2.24) is 19.4 Å². The first-order chi connectivity index (χ1) is 18.7. The van der Waals surface area contributed by atoms with Gasteiger partial charge < -0.3 is 10.2 Å². The van der Waals surface area contributed by atoms with Crippen LogP contribution in [0.25, 0.3) is 11.0 Å². The number of hydrogen-bond acceptors (Lipinski definition) is 6. The van der Waals surface area contributed by atoms with Gasteiger partial charge in [-0.3, -0.25) is 9.36 Å². The number of piperidine rings is 1. The Labute approximate surface area is 238 Å². The second-order valence-electron chi connectivity index (χ2n) is 12.1. The molecule has 2 aliphatic carbocycles. The Bertz CT molecular complexity index is 1440. The maximum atomic E-state index is 15.3. The fraction of sp³-hybridized carbons (Fsp3) is 0.567. The lowest BCUT2D eigenvalue weighted by molar-refractivity contribution is 0.0267. The van der Waals surface area contributed by atoms with Crippen molar-refractivity contribution in [2.75, 3.05) is 18.4 Å². The number of hydrogen-bond donors (Lipinski definition) is 1. The number of aromatic nitrogens is 3. The largest absolute Gasteiger partial charge is 0.324 e. The standard InChI is InChI=1S/C30H37ClFN5OS/c1-18(2)36-10-8-30(9-11-36)15-22(16-30)39-26-12-19(3)25(14-24(26)32)34-29-33-17-20-13-23(31)28(38)37(27(20)35-29)21-6-4-5-7-21/h12-14,17-18,21-22H,4-11,15-16H2,1-3H3,(H,33,34,35). The number of thioether (sulfide) groups is 1. The van der Waals surface area contributed by atoms with Crippen molar-refractivity contribution in [2.45, 2.75) is 94.4 Å². The summed E-state index contributed by atoms with van der Waals surface area (Å²) in [5.41, 5.74) is 2.38. The average Bonchev–Trinajstić information content (AvgIpc) is 3.42. The molecule has 3 aromatic rings. The summed E-state index contributed by atoms with van der Waals surface area (Å²) in [6, 6.07) is 5.82. The quantitative estimate of drug-likeness (QED) is 0.332. The van der Waals surface area contributed by atoms with Crippen molar-refractivity contribution in [3.63, 3.8) is 0 Å². The molecular formula is C30H37ClFN5OS. The Kier molecular flexibility index (Phi) is 7.40. The van der Waals surface area contributed by atoms with E-state index in [1.807, 2.05) is 13.0 Å². The van der Waals surface area contributed by atoms with Crippen LogP contribution in [0.3, 0.4) is 0 Å². The Morgan fingerprint density at radius 2 is 1.87 bits per heavy atom. The predicted octanol–water partition coefficient (Wildman–Crippen LogP) is 7.50. The molecule has 208 valence electrons. The van der Waals surface area contributed by atoms with Crippen LogP contribution in [-0.4, -0.2) is 43.8 Å². The first kappa shape index (κ1) is 27.0. The average molecular weight is 570 g/mol. The Hall–Kier alpha value is -2.16. The maximum absolute atomic E-state index is 15.3. The van der Waals surface area contributed by atoms with E-state index in [1.165, 1.54) is 38.8 Å². The number of likely N-dealkylation sites (tertiary alicyclic amines) is 1. The number of anilines is 2. The third-order valence-corrected chi connectivity index (χ3v) is 10.7. The summed E-state index contributed by atoms with van der Waals surface area (Å²) in [6.45, 7) is 8.90. The summed E-state index contributed by atoms with van der Waals surface area (Å²) in [6.07, 6.45) is 10.6. The summed E-state index contributed by atoms with van der Waals surface area (Å²) in [7, 11) is 0. The van der Waals surface area contributed by atoms with Crippen molar-refractivity contribution in [1.29, 1.82) is 0 Å². The SMILES string of the molecule is Cc1cc(SC2CC3(CCN(C(C)C)CC3)C2)c(F)cc1Nc1ncc2cc(Cl)c(=O)n(C3CCCC3)c2n1. The zero-order valence-electron chi connectivity index (χ0n) is 23.0. The van der Waals surface area contributed by atoms with E-state index in [1.54, 1.807) is 34.7 Å². The molecule has 0 bridgehead atoms. The van der Waals surface area contributed by atoms with Gasteiger partial charge in [0.25, 0.3) is 5.56 Å². The molecule has 6 rings (SSSR count). The van der Waals surface area contributed by atoms with Gasteiger partial charge in [0.05, 0.1) is 0 Å². The second kappa shape index (κ2) is 10.7. The van der Waals surface area contributed by atoms with Gasteiger partial charge in [0, 0.05) is 39.5 Å². The molecule has 1 saturated heterocycles. The molecule has 0 atom stereocenters. The fourth-order valence-electron chi connectivity index (χ4n) is 6.74. The summed E-state index contributed by atoms with van der Waals surface area (Å²) in [5, 5.41) is 4.58. The van der Waals surface area contributed by atoms with E-state index in [9.17, 15) is 4.79 Å². The number of rotatable bonds is 6. The first-order valence-corrected chi connectivity index (χ1v) is 15.5. The smallest absolute Gasteiger partial charge is 0.271 e. The highest BCUT2D eigenvalue weighted by Gasteiger charge is 2.46. The molecule has 1 spiro atoms. The molecule has 1 aromatic carbocycles. The van der Waals surface area contributed by atoms with E-state index in [4.69, 9.17) is 16.6 Å². The monoisotopic (exact) mass is 569 g/mol. The number of benzene rings is 1. The molecule has 9 heteroatoms. The van der Waals surface area contributed by atoms with Crippen molar-refractivity contribution >= 4 is 46.0 Å². The van der Waals surface area contributed by atoms with Gasteiger partial charge in [-0.1, -0.05) is 24.4 Å². The van der Waals surface area contributed by atoms with Gasteiger partial charge >= 0.3 is 0 Å². The molecule has 1 aliphatic heterocycles. The lowest BCUT2D eigenvalue weighted by Gasteiger charge is -2.52. The highest BCUT2D eigenvalue weighted by Crippen LogP contribution is 2.55. The van der Waals surface area contributed by atoms with Gasteiger partial charge in [-0.2, -0.15) is 4.98 Å². The molecule has 3 fully saturated rings. The van der Waals surface area contributed by atoms with E-state index < -0.39 is 0 Å². The van der Waals surface area contributed by atoms with Gasteiger partial charge in [0.1, 0.15) is 16.5 Å². The molecule has 3 heterocycles. The van der Waals surface area contributed by atoms with Gasteiger partial charge in [-0.05, 0) is 102 Å². The highest BCUT2D eigenvalue weighted by molar-refractivity contribution is 8.00. The number of pyridine rings is 1. The van der Waals surface area contributed by atoms with Crippen LogP contribution in [0.5, 0.6) is 0 Å². The third-order valence-electron chi connectivity index (χ3n) is 9.15. The molecule has 39 heavy (non-hydrogen) atoms. The minimum Gasteiger partial charge on any atom is -0.324 e. The van der Waals surface area contributed by atoms with Crippen molar-refractivity contribution in [2.24, 2.45) is 5.41 Å². The Morgan fingerprint density at radius 1 is 1.15 bits per heavy atom. The van der Waals surface area contributed by atoms with Crippen LogP contribution < -0.4 is 10.9 Å². The second-order valence-corrected chi connectivity index (χ2v) is 13.8. The summed E-state index contributed by atoms with van der Waals surface area (Å²) in [4.78, 5) is 25.3. The lowest BCUT2D eigenvalue weighted by atomic mass is 9.63. The Balaban J connectivity index is 1.17. The van der Waals surface area contributed by atoms with E-state index in [0.717, 1.165) is 36.6 Å². The third kappa shape index (κ3) is 5.32. The zero-order valence-corrected chi connectivity index (χ0v) is 24.5. The molecule has 6 nitrogen and oxygen atoms in total. The van der Waals surface area contributed by atoms with Crippen LogP contribution in [0.4, 0.5) is 16.0 Å². The van der Waals surface area contributed by atoms with E-state index in [-0.39, 0.29) is 22.4 Å². The van der Waals surface area contributed by atoms with E-state index in [2.05, 4.69) is 29.0 Å². The summed E-state index contributed by atoms with van der Waals surface area (Å²) >= 11 is 7.94. The Morgan fingerprint density at radius 3 is 2.56 bits per heavy atom. The first-order valence-electron chi connectivity index (χ1n) is 14.3. The summed E-state index contributed by atoms with van der Waals surface area (Å²) in [5.74, 6) is 0.117. The minimum absolute atomic E-state index is 0.0883. The minimum atomic E-state index is -0.223. The van der Waals surface area contributed by atoms with Gasteiger partial charge in [0.2, 0.25) is 5.95 Å². The molecule has 0 radical (unpaired) electrons. The van der Waals surface area contributed by atoms with E-state index >= 15 is 4.39 Å².